The van der Waals surface area contributed by atoms with Crippen molar-refractivity contribution in [3.05, 3.63) is 35.9 Å². The first-order valence-electron chi connectivity index (χ1n) is 8.36. The molecule has 2 fully saturated rings. The summed E-state index contributed by atoms with van der Waals surface area (Å²) in [5.41, 5.74) is 1.29. The maximum atomic E-state index is 12.2. The predicted octanol–water partition coefficient (Wildman–Crippen LogP) is 2.45. The summed E-state index contributed by atoms with van der Waals surface area (Å²) in [5.74, 6) is 0.552. The van der Waals surface area contributed by atoms with E-state index in [9.17, 15) is 9.59 Å². The first-order valence-corrected chi connectivity index (χ1v) is 8.36. The second kappa shape index (κ2) is 6.95. The normalized spacial score (nSPS) is 25.3. The Morgan fingerprint density at radius 3 is 2.73 bits per heavy atom. The number of amides is 2. The van der Waals surface area contributed by atoms with Gasteiger partial charge in [0.15, 0.2) is 0 Å². The van der Waals surface area contributed by atoms with Gasteiger partial charge in [0.05, 0.1) is 6.54 Å². The van der Waals surface area contributed by atoms with Gasteiger partial charge in [-0.3, -0.25) is 9.59 Å². The van der Waals surface area contributed by atoms with Crippen LogP contribution in [0.15, 0.2) is 30.3 Å². The molecule has 1 N–H and O–H groups in total. The molecule has 0 aromatic heterocycles. The van der Waals surface area contributed by atoms with Crippen LogP contribution in [0.1, 0.15) is 50.0 Å². The summed E-state index contributed by atoms with van der Waals surface area (Å²) < 4.78 is 0. The maximum Gasteiger partial charge on any atom is 0.239 e. The SMILES string of the molecule is O=C(CN1CCCCCCC1=O)N[C@H]1C[C@H]1c1ccccc1. The van der Waals surface area contributed by atoms with Crippen molar-refractivity contribution in [3.63, 3.8) is 0 Å². The molecule has 1 saturated carbocycles. The first-order chi connectivity index (χ1) is 10.7. The van der Waals surface area contributed by atoms with E-state index in [1.54, 1.807) is 4.90 Å². The van der Waals surface area contributed by atoms with E-state index in [-0.39, 0.29) is 24.4 Å². The molecule has 0 spiro atoms. The van der Waals surface area contributed by atoms with E-state index >= 15 is 0 Å². The number of hydrogen-bond donors (Lipinski definition) is 1. The molecule has 1 aliphatic heterocycles. The zero-order valence-corrected chi connectivity index (χ0v) is 13.0. The zero-order valence-electron chi connectivity index (χ0n) is 13.0. The molecule has 4 nitrogen and oxygen atoms in total. The van der Waals surface area contributed by atoms with Gasteiger partial charge in [-0.2, -0.15) is 0 Å². The Hall–Kier alpha value is -1.84. The largest absolute Gasteiger partial charge is 0.351 e. The Kier molecular flexibility index (Phi) is 4.76. The number of carbonyl (C=O) groups is 2. The van der Waals surface area contributed by atoms with Gasteiger partial charge in [0, 0.05) is 24.9 Å². The summed E-state index contributed by atoms with van der Waals surface area (Å²) >= 11 is 0. The summed E-state index contributed by atoms with van der Waals surface area (Å²) in [6.45, 7) is 0.940. The number of nitrogens with zero attached hydrogens (tertiary/aromatic N) is 1. The van der Waals surface area contributed by atoms with E-state index in [1.165, 1.54) is 5.56 Å². The summed E-state index contributed by atoms with van der Waals surface area (Å²) in [6, 6.07) is 10.5. The highest BCUT2D eigenvalue weighted by Crippen LogP contribution is 2.40. The van der Waals surface area contributed by atoms with Crippen LogP contribution in [0.4, 0.5) is 0 Å². The fourth-order valence-electron chi connectivity index (χ4n) is 3.23. The van der Waals surface area contributed by atoms with Crippen LogP contribution in [0.5, 0.6) is 0 Å². The third kappa shape index (κ3) is 3.87. The molecule has 3 rings (SSSR count). The van der Waals surface area contributed by atoms with Gasteiger partial charge in [-0.05, 0) is 24.8 Å². The lowest BCUT2D eigenvalue weighted by molar-refractivity contribution is -0.136. The lowest BCUT2D eigenvalue weighted by Gasteiger charge is -2.24. The highest BCUT2D eigenvalue weighted by molar-refractivity contribution is 5.85. The second-order valence-corrected chi connectivity index (χ2v) is 6.41. The average molecular weight is 300 g/mol. The van der Waals surface area contributed by atoms with Gasteiger partial charge >= 0.3 is 0 Å². The molecule has 1 heterocycles. The van der Waals surface area contributed by atoms with Crippen molar-refractivity contribution in [1.29, 1.82) is 0 Å². The van der Waals surface area contributed by atoms with Crippen LogP contribution in [-0.4, -0.2) is 35.8 Å². The molecule has 1 aromatic carbocycles. The predicted molar refractivity (Wildman–Crippen MR) is 85.4 cm³/mol. The maximum absolute atomic E-state index is 12.2. The second-order valence-electron chi connectivity index (χ2n) is 6.41. The standard InChI is InChI=1S/C18H24N2O2/c21-17(13-20-11-7-2-1-6-10-18(20)22)19-16-12-15(16)14-8-4-3-5-9-14/h3-5,8-9,15-16H,1-2,6-7,10-13H2,(H,19,21)/t15-,16-/m0/s1. The van der Waals surface area contributed by atoms with Crippen LogP contribution in [0.25, 0.3) is 0 Å². The minimum atomic E-state index is -0.0163. The van der Waals surface area contributed by atoms with Crippen molar-refractivity contribution >= 4 is 11.8 Å². The van der Waals surface area contributed by atoms with E-state index in [1.807, 2.05) is 18.2 Å². The van der Waals surface area contributed by atoms with Crippen LogP contribution < -0.4 is 5.32 Å². The van der Waals surface area contributed by atoms with Gasteiger partial charge in [0.2, 0.25) is 11.8 Å². The molecule has 118 valence electrons. The number of benzene rings is 1. The fraction of sp³-hybridized carbons (Fsp3) is 0.556. The fourth-order valence-corrected chi connectivity index (χ4v) is 3.23. The van der Waals surface area contributed by atoms with E-state index in [4.69, 9.17) is 0 Å². The van der Waals surface area contributed by atoms with Crippen molar-refractivity contribution in [2.45, 2.75) is 50.5 Å². The molecule has 22 heavy (non-hydrogen) atoms. The van der Waals surface area contributed by atoms with E-state index < -0.39 is 0 Å². The summed E-state index contributed by atoms with van der Waals surface area (Å²) in [5, 5.41) is 3.07. The minimum Gasteiger partial charge on any atom is -0.351 e. The van der Waals surface area contributed by atoms with E-state index in [0.717, 1.165) is 38.6 Å². The Labute approximate surface area is 131 Å². The summed E-state index contributed by atoms with van der Waals surface area (Å²) in [7, 11) is 0. The molecule has 1 aromatic rings. The molecular weight excluding hydrogens is 276 g/mol. The molecule has 0 unspecified atom stereocenters. The summed E-state index contributed by atoms with van der Waals surface area (Å²) in [6.07, 6.45) is 5.84. The Morgan fingerprint density at radius 2 is 1.91 bits per heavy atom. The van der Waals surface area contributed by atoms with Gasteiger partial charge in [-0.15, -0.1) is 0 Å². The lowest BCUT2D eigenvalue weighted by Crippen LogP contribution is -2.42. The van der Waals surface area contributed by atoms with Crippen LogP contribution in [-0.2, 0) is 9.59 Å². The molecule has 2 atom stereocenters. The van der Waals surface area contributed by atoms with Crippen molar-refractivity contribution in [3.8, 4) is 0 Å². The average Bonchev–Trinajstić information content (AvgIpc) is 3.27. The molecule has 4 heteroatoms. The van der Waals surface area contributed by atoms with Crippen molar-refractivity contribution in [1.82, 2.24) is 10.2 Å². The van der Waals surface area contributed by atoms with Gasteiger partial charge in [-0.25, -0.2) is 0 Å². The zero-order chi connectivity index (χ0) is 15.4. The van der Waals surface area contributed by atoms with Crippen LogP contribution in [0.2, 0.25) is 0 Å². The van der Waals surface area contributed by atoms with Crippen LogP contribution in [0.3, 0.4) is 0 Å². The highest BCUT2D eigenvalue weighted by Gasteiger charge is 2.39. The van der Waals surface area contributed by atoms with Crippen LogP contribution >= 0.6 is 0 Å². The van der Waals surface area contributed by atoms with Crippen molar-refractivity contribution in [2.24, 2.45) is 0 Å². The number of nitrogens with one attached hydrogen (secondary N) is 1. The molecule has 0 radical (unpaired) electrons. The molecule has 2 amide bonds. The monoisotopic (exact) mass is 300 g/mol. The smallest absolute Gasteiger partial charge is 0.239 e. The molecule has 1 saturated heterocycles. The lowest BCUT2D eigenvalue weighted by atomic mass is 10.1. The van der Waals surface area contributed by atoms with E-state index in [0.29, 0.717) is 12.3 Å². The first kappa shape index (κ1) is 15.1. The van der Waals surface area contributed by atoms with Crippen molar-refractivity contribution in [2.75, 3.05) is 13.1 Å². The molecule has 0 bridgehead atoms. The Balaban J connectivity index is 1.47. The quantitative estimate of drug-likeness (QED) is 0.928. The topological polar surface area (TPSA) is 49.4 Å². The van der Waals surface area contributed by atoms with Gasteiger partial charge < -0.3 is 10.2 Å². The molecular formula is C18H24N2O2. The van der Waals surface area contributed by atoms with Gasteiger partial charge in [0.25, 0.3) is 0 Å². The third-order valence-corrected chi connectivity index (χ3v) is 4.62. The number of hydrogen-bond acceptors (Lipinski definition) is 2. The van der Waals surface area contributed by atoms with E-state index in [2.05, 4.69) is 17.4 Å². The minimum absolute atomic E-state index is 0.0163. The van der Waals surface area contributed by atoms with Gasteiger partial charge in [0.1, 0.15) is 0 Å². The third-order valence-electron chi connectivity index (χ3n) is 4.62. The Morgan fingerprint density at radius 1 is 1.14 bits per heavy atom. The summed E-state index contributed by atoms with van der Waals surface area (Å²) in [4.78, 5) is 25.9. The van der Waals surface area contributed by atoms with Crippen LogP contribution in [0, 0.1) is 0 Å². The number of likely N-dealkylation sites (tertiary alicyclic amines) is 1. The number of rotatable bonds is 4. The number of carbonyl (C=O) groups excluding carboxylic acids is 2. The van der Waals surface area contributed by atoms with Crippen molar-refractivity contribution < 1.29 is 9.59 Å². The Bertz CT molecular complexity index is 529. The highest BCUT2D eigenvalue weighted by atomic mass is 16.2. The molecule has 2 aliphatic rings. The van der Waals surface area contributed by atoms with Gasteiger partial charge in [-0.1, -0.05) is 43.2 Å². The molecule has 1 aliphatic carbocycles.